The maximum absolute atomic E-state index is 13.3. The first-order chi connectivity index (χ1) is 12.0. The van der Waals surface area contributed by atoms with Crippen molar-refractivity contribution in [3.8, 4) is 5.75 Å². The van der Waals surface area contributed by atoms with Crippen LogP contribution in [0.2, 0.25) is 0 Å². The average molecular weight is 336 g/mol. The lowest BCUT2D eigenvalue weighted by Gasteiger charge is -2.55. The maximum Gasteiger partial charge on any atom is 0.196 e. The number of carbonyl (C=O) groups is 2. The van der Waals surface area contributed by atoms with Crippen LogP contribution in [0.15, 0.2) is 47.6 Å². The summed E-state index contributed by atoms with van der Waals surface area (Å²) in [6, 6.07) is 7.31. The van der Waals surface area contributed by atoms with Gasteiger partial charge in [0.2, 0.25) is 0 Å². The molecule has 0 radical (unpaired) electrons. The van der Waals surface area contributed by atoms with Crippen molar-refractivity contribution in [2.45, 2.75) is 37.9 Å². The van der Waals surface area contributed by atoms with Gasteiger partial charge in [-0.3, -0.25) is 9.59 Å². The van der Waals surface area contributed by atoms with Crippen LogP contribution in [-0.4, -0.2) is 29.4 Å². The Morgan fingerprint density at radius 2 is 2.08 bits per heavy atom. The molecule has 2 heterocycles. The molecule has 4 nitrogen and oxygen atoms in total. The molecule has 1 saturated heterocycles. The summed E-state index contributed by atoms with van der Waals surface area (Å²) in [7, 11) is 0. The van der Waals surface area contributed by atoms with Crippen LogP contribution < -0.4 is 4.74 Å². The average Bonchev–Trinajstić information content (AvgIpc) is 2.85. The summed E-state index contributed by atoms with van der Waals surface area (Å²) < 4.78 is 12.7. The predicted octanol–water partition coefficient (Wildman–Crippen LogP) is 3.27. The quantitative estimate of drug-likeness (QED) is 0.778. The Bertz CT molecular complexity index is 876. The van der Waals surface area contributed by atoms with Crippen molar-refractivity contribution in [1.82, 2.24) is 0 Å². The third-order valence-electron chi connectivity index (χ3n) is 6.19. The molecule has 2 aliphatic heterocycles. The van der Waals surface area contributed by atoms with Crippen molar-refractivity contribution in [3.63, 3.8) is 0 Å². The molecule has 6 rings (SSSR count). The van der Waals surface area contributed by atoms with Crippen molar-refractivity contribution >= 4 is 11.6 Å². The predicted molar refractivity (Wildman–Crippen MR) is 91.5 cm³/mol. The molecule has 5 aliphatic rings. The minimum absolute atomic E-state index is 0.0175. The Morgan fingerprint density at radius 3 is 2.88 bits per heavy atom. The molecule has 0 aromatic heterocycles. The third kappa shape index (κ3) is 1.61. The highest BCUT2D eigenvalue weighted by Crippen LogP contribution is 2.62. The highest BCUT2D eigenvalue weighted by molar-refractivity contribution is 6.16. The normalized spacial score (nSPS) is 37.1. The van der Waals surface area contributed by atoms with Crippen molar-refractivity contribution in [2.75, 3.05) is 6.61 Å². The lowest BCUT2D eigenvalue weighted by atomic mass is 9.53. The monoisotopic (exact) mass is 336 g/mol. The highest BCUT2D eigenvalue weighted by atomic mass is 16.6. The molecule has 4 heteroatoms. The number of benzene rings is 1. The first kappa shape index (κ1) is 15.1. The van der Waals surface area contributed by atoms with E-state index in [0.717, 1.165) is 5.57 Å². The Morgan fingerprint density at radius 1 is 1.28 bits per heavy atom. The summed E-state index contributed by atoms with van der Waals surface area (Å²) in [5.41, 5.74) is 0.282. The second-order valence-electron chi connectivity index (χ2n) is 7.77. The molecule has 2 fully saturated rings. The molecule has 1 saturated carbocycles. The van der Waals surface area contributed by atoms with Gasteiger partial charge in [-0.25, -0.2) is 0 Å². The molecule has 0 amide bonds. The summed E-state index contributed by atoms with van der Waals surface area (Å²) >= 11 is 0. The molecule has 1 spiro atoms. The van der Waals surface area contributed by atoms with E-state index in [1.165, 1.54) is 0 Å². The van der Waals surface area contributed by atoms with Crippen LogP contribution in [-0.2, 0) is 9.53 Å². The number of fused-ring (bicyclic) bond motifs is 1. The number of ether oxygens (including phenoxy) is 2. The van der Waals surface area contributed by atoms with Crippen LogP contribution in [0.1, 0.15) is 37.0 Å². The fourth-order valence-electron chi connectivity index (χ4n) is 5.09. The maximum atomic E-state index is 13.3. The number of para-hydroxylation sites is 1. The van der Waals surface area contributed by atoms with E-state index in [-0.39, 0.29) is 23.4 Å². The minimum atomic E-state index is -1.08. The SMILES string of the molecule is CC(C)=CCC12OC[C@@H]3C[C@@H](C=C4C(=O)c5ccccc5O[C@]431)C2=O. The summed E-state index contributed by atoms with van der Waals surface area (Å²) in [6.07, 6.45) is 5.04. The van der Waals surface area contributed by atoms with E-state index < -0.39 is 11.2 Å². The number of hydrogen-bond acceptors (Lipinski definition) is 4. The van der Waals surface area contributed by atoms with E-state index in [1.807, 2.05) is 44.2 Å². The van der Waals surface area contributed by atoms with Gasteiger partial charge >= 0.3 is 0 Å². The number of allylic oxidation sites excluding steroid dienone is 2. The van der Waals surface area contributed by atoms with E-state index in [0.29, 0.717) is 36.3 Å². The van der Waals surface area contributed by atoms with E-state index in [4.69, 9.17) is 9.47 Å². The van der Waals surface area contributed by atoms with Gasteiger partial charge in [0.15, 0.2) is 22.8 Å². The van der Waals surface area contributed by atoms with Gasteiger partial charge in [0, 0.05) is 23.8 Å². The first-order valence-electron chi connectivity index (χ1n) is 8.86. The van der Waals surface area contributed by atoms with Crippen molar-refractivity contribution in [1.29, 1.82) is 0 Å². The second kappa shape index (κ2) is 4.70. The molecule has 1 aromatic rings. The Hall–Kier alpha value is -2.20. The zero-order valence-corrected chi connectivity index (χ0v) is 14.4. The van der Waals surface area contributed by atoms with Crippen molar-refractivity contribution in [2.24, 2.45) is 11.8 Å². The van der Waals surface area contributed by atoms with Gasteiger partial charge < -0.3 is 9.47 Å². The molecular weight excluding hydrogens is 316 g/mol. The topological polar surface area (TPSA) is 52.6 Å². The van der Waals surface area contributed by atoms with E-state index in [2.05, 4.69) is 0 Å². The van der Waals surface area contributed by atoms with Crippen molar-refractivity contribution < 1.29 is 19.1 Å². The van der Waals surface area contributed by atoms with Crippen molar-refractivity contribution in [3.05, 3.63) is 53.1 Å². The Labute approximate surface area is 146 Å². The van der Waals surface area contributed by atoms with Crippen LogP contribution in [0, 0.1) is 11.8 Å². The third-order valence-corrected chi connectivity index (χ3v) is 6.19. The molecule has 0 N–H and O–H groups in total. The van der Waals surface area contributed by atoms with Crippen LogP contribution >= 0.6 is 0 Å². The number of rotatable bonds is 2. The Balaban J connectivity index is 1.77. The highest BCUT2D eigenvalue weighted by Gasteiger charge is 2.76. The van der Waals surface area contributed by atoms with Crippen LogP contribution in [0.5, 0.6) is 5.75 Å². The van der Waals surface area contributed by atoms with E-state index in [9.17, 15) is 9.59 Å². The standard InChI is InChI=1S/C21H20O4/c1-12(2)7-8-20-19(23)13-9-14(11-24-20)21(20)16(10-13)18(22)15-5-3-4-6-17(15)25-21/h3-7,10,13-14H,8-9,11H2,1-2H3/t13-,14-,20?,21-/m0/s1. The fourth-order valence-corrected chi connectivity index (χ4v) is 5.09. The first-order valence-corrected chi connectivity index (χ1v) is 8.86. The molecule has 1 aromatic carbocycles. The number of Topliss-reactive ketones (excluding diaryl/α,β-unsaturated/α-hetero) is 2. The van der Waals surface area contributed by atoms with Crippen LogP contribution in [0.25, 0.3) is 0 Å². The largest absolute Gasteiger partial charge is 0.478 e. The van der Waals surface area contributed by atoms with Gasteiger partial charge in [-0.15, -0.1) is 0 Å². The molecule has 25 heavy (non-hydrogen) atoms. The van der Waals surface area contributed by atoms with Gasteiger partial charge in [0.1, 0.15) is 5.75 Å². The summed E-state index contributed by atoms with van der Waals surface area (Å²) in [4.78, 5) is 26.5. The van der Waals surface area contributed by atoms with E-state index in [1.54, 1.807) is 6.07 Å². The number of ketones is 2. The second-order valence-corrected chi connectivity index (χ2v) is 7.77. The summed E-state index contributed by atoms with van der Waals surface area (Å²) in [6.45, 7) is 4.47. The smallest absolute Gasteiger partial charge is 0.196 e. The minimum Gasteiger partial charge on any atom is -0.478 e. The van der Waals surface area contributed by atoms with E-state index >= 15 is 0 Å². The van der Waals surface area contributed by atoms with Gasteiger partial charge in [0.25, 0.3) is 0 Å². The molecule has 1 unspecified atom stereocenters. The molecule has 4 atom stereocenters. The molecule has 4 bridgehead atoms. The zero-order chi connectivity index (χ0) is 17.4. The van der Waals surface area contributed by atoms with Gasteiger partial charge in [-0.2, -0.15) is 0 Å². The fraction of sp³-hybridized carbons (Fsp3) is 0.429. The van der Waals surface area contributed by atoms with Gasteiger partial charge in [0.05, 0.1) is 12.2 Å². The zero-order valence-electron chi connectivity index (χ0n) is 14.4. The molecule has 128 valence electrons. The lowest BCUT2D eigenvalue weighted by molar-refractivity contribution is -0.165. The van der Waals surface area contributed by atoms with Gasteiger partial charge in [-0.1, -0.05) is 29.9 Å². The lowest BCUT2D eigenvalue weighted by Crippen LogP contribution is -2.71. The van der Waals surface area contributed by atoms with Crippen LogP contribution in [0.4, 0.5) is 0 Å². The van der Waals surface area contributed by atoms with Gasteiger partial charge in [-0.05, 0) is 32.4 Å². The summed E-state index contributed by atoms with van der Waals surface area (Å²) in [5, 5.41) is 0. The molecular formula is C21H20O4. The molecule has 3 aliphatic carbocycles. The number of hydrogen-bond donors (Lipinski definition) is 0. The number of carbonyl (C=O) groups excluding carboxylic acids is 2. The van der Waals surface area contributed by atoms with Crippen LogP contribution in [0.3, 0.4) is 0 Å². The Kier molecular flexibility index (Phi) is 2.84. The summed E-state index contributed by atoms with van der Waals surface area (Å²) in [5.74, 6) is 0.409.